The molecule has 2 N–H and O–H groups in total. The number of nitrogens with zero attached hydrogens (tertiary/aromatic N) is 3. The maximum absolute atomic E-state index is 11.8. The first-order valence-corrected chi connectivity index (χ1v) is 8.01. The molecule has 0 atom stereocenters. The second kappa shape index (κ2) is 7.68. The predicted molar refractivity (Wildman–Crippen MR) is 84.6 cm³/mol. The summed E-state index contributed by atoms with van der Waals surface area (Å²) in [5.74, 6) is 0.877. The van der Waals surface area contributed by atoms with Gasteiger partial charge in [0.15, 0.2) is 0 Å². The predicted octanol–water partition coefficient (Wildman–Crippen LogP) is 2.38. The third kappa shape index (κ3) is 4.49. The molecule has 0 saturated heterocycles. The van der Waals surface area contributed by atoms with E-state index in [1.165, 1.54) is 0 Å². The van der Waals surface area contributed by atoms with Crippen molar-refractivity contribution in [2.75, 3.05) is 18.1 Å². The molecular formula is C14H19N5OS. The van der Waals surface area contributed by atoms with Gasteiger partial charge in [-0.1, -0.05) is 6.07 Å². The van der Waals surface area contributed by atoms with Gasteiger partial charge in [-0.15, -0.1) is 22.0 Å². The molecule has 2 aromatic rings. The second-order valence-corrected chi connectivity index (χ2v) is 5.28. The molecule has 0 bridgehead atoms. The summed E-state index contributed by atoms with van der Waals surface area (Å²) in [6.07, 6.45) is 4.36. The van der Waals surface area contributed by atoms with Crippen LogP contribution in [0.2, 0.25) is 0 Å². The molecule has 0 unspecified atom stereocenters. The lowest BCUT2D eigenvalue weighted by atomic mass is 10.3. The maximum Gasteiger partial charge on any atom is 0.319 e. The summed E-state index contributed by atoms with van der Waals surface area (Å²) < 4.78 is 1.96. The van der Waals surface area contributed by atoms with Gasteiger partial charge in [0.05, 0.1) is 0 Å². The highest BCUT2D eigenvalue weighted by atomic mass is 32.2. The SMILES string of the molecule is CCn1cnnc1CCNC(=O)Nc1cccc(SC)c1. The molecule has 1 aromatic carbocycles. The van der Waals surface area contributed by atoms with Crippen molar-refractivity contribution in [3.8, 4) is 0 Å². The summed E-state index contributed by atoms with van der Waals surface area (Å²) in [6, 6.07) is 7.53. The zero-order valence-electron chi connectivity index (χ0n) is 12.2. The lowest BCUT2D eigenvalue weighted by Crippen LogP contribution is -2.30. The van der Waals surface area contributed by atoms with Gasteiger partial charge in [0.1, 0.15) is 12.2 Å². The number of anilines is 1. The van der Waals surface area contributed by atoms with Crippen LogP contribution in [0.25, 0.3) is 0 Å². The fourth-order valence-electron chi connectivity index (χ4n) is 1.90. The highest BCUT2D eigenvalue weighted by molar-refractivity contribution is 7.98. The minimum absolute atomic E-state index is 0.212. The number of nitrogens with one attached hydrogen (secondary N) is 2. The van der Waals surface area contributed by atoms with E-state index in [0.717, 1.165) is 23.0 Å². The van der Waals surface area contributed by atoms with Crippen LogP contribution in [0.3, 0.4) is 0 Å². The Balaban J connectivity index is 1.79. The summed E-state index contributed by atoms with van der Waals surface area (Å²) in [5.41, 5.74) is 0.788. The van der Waals surface area contributed by atoms with E-state index < -0.39 is 0 Å². The number of carbonyl (C=O) groups is 1. The molecule has 1 heterocycles. The molecule has 6 nitrogen and oxygen atoms in total. The topological polar surface area (TPSA) is 71.8 Å². The van der Waals surface area contributed by atoms with Crippen LogP contribution < -0.4 is 10.6 Å². The quantitative estimate of drug-likeness (QED) is 0.804. The van der Waals surface area contributed by atoms with Crippen molar-refractivity contribution in [3.05, 3.63) is 36.4 Å². The van der Waals surface area contributed by atoms with E-state index >= 15 is 0 Å². The Morgan fingerprint density at radius 1 is 1.43 bits per heavy atom. The van der Waals surface area contributed by atoms with E-state index in [2.05, 4.69) is 20.8 Å². The molecule has 2 amide bonds. The zero-order chi connectivity index (χ0) is 15.1. The van der Waals surface area contributed by atoms with Gasteiger partial charge >= 0.3 is 6.03 Å². The van der Waals surface area contributed by atoms with Crippen LogP contribution >= 0.6 is 11.8 Å². The molecule has 0 spiro atoms. The summed E-state index contributed by atoms with van der Waals surface area (Å²) in [5, 5.41) is 13.5. The minimum Gasteiger partial charge on any atom is -0.337 e. The third-order valence-corrected chi connectivity index (χ3v) is 3.72. The van der Waals surface area contributed by atoms with Gasteiger partial charge in [0.25, 0.3) is 0 Å². The van der Waals surface area contributed by atoms with E-state index in [9.17, 15) is 4.79 Å². The van der Waals surface area contributed by atoms with Gasteiger partial charge in [-0.2, -0.15) is 0 Å². The average molecular weight is 305 g/mol. The second-order valence-electron chi connectivity index (χ2n) is 4.40. The van der Waals surface area contributed by atoms with Gasteiger partial charge < -0.3 is 15.2 Å². The largest absolute Gasteiger partial charge is 0.337 e. The Bertz CT molecular complexity index is 599. The zero-order valence-corrected chi connectivity index (χ0v) is 13.0. The first-order chi connectivity index (χ1) is 10.2. The van der Waals surface area contributed by atoms with Crippen LogP contribution in [0.5, 0.6) is 0 Å². The molecule has 0 saturated carbocycles. The Morgan fingerprint density at radius 3 is 3.05 bits per heavy atom. The van der Waals surface area contributed by atoms with Crippen molar-refractivity contribution in [2.45, 2.75) is 24.8 Å². The molecular weight excluding hydrogens is 286 g/mol. The molecule has 21 heavy (non-hydrogen) atoms. The van der Waals surface area contributed by atoms with Crippen LogP contribution in [0.1, 0.15) is 12.7 Å². The summed E-state index contributed by atoms with van der Waals surface area (Å²) in [7, 11) is 0. The van der Waals surface area contributed by atoms with Crippen molar-refractivity contribution in [1.82, 2.24) is 20.1 Å². The first-order valence-electron chi connectivity index (χ1n) is 6.78. The molecule has 112 valence electrons. The van der Waals surface area contributed by atoms with Crippen LogP contribution in [-0.2, 0) is 13.0 Å². The van der Waals surface area contributed by atoms with Crippen molar-refractivity contribution in [2.24, 2.45) is 0 Å². The Labute approximate surface area is 128 Å². The summed E-state index contributed by atoms with van der Waals surface area (Å²) in [4.78, 5) is 12.9. The van der Waals surface area contributed by atoms with Gasteiger partial charge in [-0.3, -0.25) is 0 Å². The number of benzene rings is 1. The van der Waals surface area contributed by atoms with Crippen LogP contribution in [-0.4, -0.2) is 33.6 Å². The maximum atomic E-state index is 11.8. The number of aromatic nitrogens is 3. The van der Waals surface area contributed by atoms with Crippen molar-refractivity contribution < 1.29 is 4.79 Å². The summed E-state index contributed by atoms with van der Waals surface area (Å²) >= 11 is 1.64. The van der Waals surface area contributed by atoms with Gasteiger partial charge in [-0.05, 0) is 31.4 Å². The number of carbonyl (C=O) groups excluding carboxylic acids is 1. The number of rotatable bonds is 6. The van der Waals surface area contributed by atoms with Crippen LogP contribution in [0.4, 0.5) is 10.5 Å². The fourth-order valence-corrected chi connectivity index (χ4v) is 2.36. The van der Waals surface area contributed by atoms with Crippen molar-refractivity contribution in [3.63, 3.8) is 0 Å². The minimum atomic E-state index is -0.212. The van der Waals surface area contributed by atoms with E-state index in [1.54, 1.807) is 18.1 Å². The molecule has 0 fully saturated rings. The first kappa shape index (κ1) is 15.4. The lowest BCUT2D eigenvalue weighted by Gasteiger charge is -2.08. The fraction of sp³-hybridized carbons (Fsp3) is 0.357. The Morgan fingerprint density at radius 2 is 2.29 bits per heavy atom. The van der Waals surface area contributed by atoms with E-state index in [-0.39, 0.29) is 6.03 Å². The van der Waals surface area contributed by atoms with Crippen molar-refractivity contribution in [1.29, 1.82) is 0 Å². The lowest BCUT2D eigenvalue weighted by molar-refractivity contribution is 0.252. The third-order valence-electron chi connectivity index (χ3n) is 3.00. The number of hydrogen-bond acceptors (Lipinski definition) is 4. The Kier molecular flexibility index (Phi) is 5.62. The number of thioether (sulfide) groups is 1. The normalized spacial score (nSPS) is 10.4. The number of aryl methyl sites for hydroxylation is 1. The molecule has 0 aliphatic rings. The highest BCUT2D eigenvalue weighted by Crippen LogP contribution is 2.18. The molecule has 1 aromatic heterocycles. The molecule has 2 rings (SSSR count). The van der Waals surface area contributed by atoms with Gasteiger partial charge in [0, 0.05) is 30.1 Å². The molecule has 0 aliphatic heterocycles. The van der Waals surface area contributed by atoms with E-state index in [4.69, 9.17) is 0 Å². The highest BCUT2D eigenvalue weighted by Gasteiger charge is 2.05. The number of hydrogen-bond donors (Lipinski definition) is 2. The number of amides is 2. The monoisotopic (exact) mass is 305 g/mol. The van der Waals surface area contributed by atoms with Crippen molar-refractivity contribution >= 4 is 23.5 Å². The molecule has 7 heteroatoms. The molecule has 0 radical (unpaired) electrons. The van der Waals surface area contributed by atoms with E-state index in [0.29, 0.717) is 13.0 Å². The van der Waals surface area contributed by atoms with E-state index in [1.807, 2.05) is 42.0 Å². The standard InChI is InChI=1S/C14H19N5OS/c1-3-19-10-16-18-13(19)7-8-15-14(20)17-11-5-4-6-12(9-11)21-2/h4-6,9-10H,3,7-8H2,1-2H3,(H2,15,17,20). The summed E-state index contributed by atoms with van der Waals surface area (Å²) in [6.45, 7) is 3.38. The van der Waals surface area contributed by atoms with Crippen LogP contribution in [0, 0.1) is 0 Å². The molecule has 0 aliphatic carbocycles. The Hall–Kier alpha value is -2.02. The number of urea groups is 1. The average Bonchev–Trinajstić information content (AvgIpc) is 2.95. The van der Waals surface area contributed by atoms with Gasteiger partial charge in [-0.25, -0.2) is 4.79 Å². The smallest absolute Gasteiger partial charge is 0.319 e. The van der Waals surface area contributed by atoms with Crippen LogP contribution in [0.15, 0.2) is 35.5 Å². The van der Waals surface area contributed by atoms with Gasteiger partial charge in [0.2, 0.25) is 0 Å².